The zero-order valence-electron chi connectivity index (χ0n) is 13.0. The minimum Gasteiger partial charge on any atom is -0.480 e. The van der Waals surface area contributed by atoms with Gasteiger partial charge in [0.1, 0.15) is 12.6 Å². The number of nitrogens with zero attached hydrogens (tertiary/aromatic N) is 2. The van der Waals surface area contributed by atoms with E-state index in [0.717, 1.165) is 4.68 Å². The topological polar surface area (TPSA) is 101 Å². The molecule has 7 nitrogen and oxygen atoms in total. The zero-order valence-corrected chi connectivity index (χ0v) is 13.0. The quantitative estimate of drug-likeness (QED) is 0.828. The summed E-state index contributed by atoms with van der Waals surface area (Å²) in [5, 5.41) is 16.7. The summed E-state index contributed by atoms with van der Waals surface area (Å²) in [6, 6.07) is 5.98. The van der Waals surface area contributed by atoms with Gasteiger partial charge in [0.05, 0.1) is 11.6 Å². The van der Waals surface area contributed by atoms with Crippen LogP contribution in [0.1, 0.15) is 20.3 Å². The van der Waals surface area contributed by atoms with Gasteiger partial charge in [-0.25, -0.2) is 9.48 Å². The number of fused-ring (bicyclic) bond motifs is 1. The number of carboxylic acid groups (broad SMARTS) is 1. The lowest BCUT2D eigenvalue weighted by Crippen LogP contribution is -2.44. The van der Waals surface area contributed by atoms with Gasteiger partial charge in [-0.2, -0.15) is 5.10 Å². The first-order valence-electron chi connectivity index (χ1n) is 7.35. The van der Waals surface area contributed by atoms with Crippen LogP contribution in [0.5, 0.6) is 0 Å². The molecule has 0 aliphatic heterocycles. The molecule has 2 rings (SSSR count). The highest BCUT2D eigenvalue weighted by atomic mass is 16.4. The molecule has 0 bridgehead atoms. The van der Waals surface area contributed by atoms with Gasteiger partial charge >= 0.3 is 5.97 Å². The van der Waals surface area contributed by atoms with Crippen LogP contribution < -0.4 is 10.9 Å². The number of amides is 1. The third-order valence-electron chi connectivity index (χ3n) is 3.40. The average molecular weight is 317 g/mol. The van der Waals surface area contributed by atoms with Crippen molar-refractivity contribution in [1.29, 1.82) is 0 Å². The Hall–Kier alpha value is -2.70. The van der Waals surface area contributed by atoms with Crippen molar-refractivity contribution in [3.05, 3.63) is 40.8 Å². The number of carbonyl (C=O) groups excluding carboxylic acids is 1. The Bertz CT molecular complexity index is 782. The number of aliphatic carboxylic acids is 1. The molecular weight excluding hydrogens is 298 g/mol. The SMILES string of the molecule is CC(C)C[C@@H](NC(=O)Cn1ncc2ccccc2c1=O)C(=O)O. The van der Waals surface area contributed by atoms with Gasteiger partial charge in [0.25, 0.3) is 5.56 Å². The Kier molecular flexibility index (Phi) is 5.10. The summed E-state index contributed by atoms with van der Waals surface area (Å²) < 4.78 is 1.03. The van der Waals surface area contributed by atoms with E-state index in [2.05, 4.69) is 10.4 Å². The minimum atomic E-state index is -1.09. The molecule has 0 fully saturated rings. The van der Waals surface area contributed by atoms with Gasteiger partial charge in [-0.05, 0) is 18.4 Å². The van der Waals surface area contributed by atoms with E-state index in [1.807, 2.05) is 13.8 Å². The largest absolute Gasteiger partial charge is 0.480 e. The van der Waals surface area contributed by atoms with E-state index in [-0.39, 0.29) is 18.0 Å². The van der Waals surface area contributed by atoms with Crippen molar-refractivity contribution in [3.63, 3.8) is 0 Å². The summed E-state index contributed by atoms with van der Waals surface area (Å²) in [7, 11) is 0. The molecule has 7 heteroatoms. The molecule has 122 valence electrons. The normalized spacial score (nSPS) is 12.3. The highest BCUT2D eigenvalue weighted by Gasteiger charge is 2.21. The Labute approximate surface area is 132 Å². The van der Waals surface area contributed by atoms with Gasteiger partial charge in [-0.15, -0.1) is 0 Å². The predicted octanol–water partition coefficient (Wildman–Crippen LogP) is 1.01. The van der Waals surface area contributed by atoms with Crippen molar-refractivity contribution in [1.82, 2.24) is 15.1 Å². The fraction of sp³-hybridized carbons (Fsp3) is 0.375. The number of benzene rings is 1. The standard InChI is InChI=1S/C16H19N3O4/c1-10(2)7-13(16(22)23)18-14(20)9-19-15(21)12-6-4-3-5-11(12)8-17-19/h3-6,8,10,13H,7,9H2,1-2H3,(H,18,20)(H,22,23)/t13-/m1/s1. The van der Waals surface area contributed by atoms with E-state index in [4.69, 9.17) is 5.11 Å². The monoisotopic (exact) mass is 317 g/mol. The van der Waals surface area contributed by atoms with Crippen LogP contribution in [0.4, 0.5) is 0 Å². The predicted molar refractivity (Wildman–Crippen MR) is 85.0 cm³/mol. The molecule has 1 heterocycles. The molecule has 0 aliphatic rings. The van der Waals surface area contributed by atoms with E-state index >= 15 is 0 Å². The first-order valence-corrected chi connectivity index (χ1v) is 7.35. The number of rotatable bonds is 6. The zero-order chi connectivity index (χ0) is 17.0. The fourth-order valence-corrected chi connectivity index (χ4v) is 2.31. The van der Waals surface area contributed by atoms with Gasteiger partial charge in [0.15, 0.2) is 0 Å². The number of nitrogens with one attached hydrogen (secondary N) is 1. The number of hydrogen-bond donors (Lipinski definition) is 2. The molecule has 0 aliphatic carbocycles. The van der Waals surface area contributed by atoms with E-state index < -0.39 is 17.9 Å². The van der Waals surface area contributed by atoms with Crippen LogP contribution in [-0.4, -0.2) is 32.8 Å². The number of carbonyl (C=O) groups is 2. The molecule has 0 saturated carbocycles. The highest BCUT2D eigenvalue weighted by molar-refractivity contribution is 5.84. The van der Waals surface area contributed by atoms with Crippen molar-refractivity contribution in [3.8, 4) is 0 Å². The Morgan fingerprint density at radius 3 is 2.65 bits per heavy atom. The van der Waals surface area contributed by atoms with Crippen molar-refractivity contribution in [2.24, 2.45) is 5.92 Å². The molecule has 1 atom stereocenters. The van der Waals surface area contributed by atoms with Gasteiger partial charge in [0.2, 0.25) is 5.91 Å². The summed E-state index contributed by atoms with van der Waals surface area (Å²) in [5.74, 6) is -1.52. The molecule has 1 aromatic carbocycles. The van der Waals surface area contributed by atoms with Crippen molar-refractivity contribution in [2.75, 3.05) is 0 Å². The molecule has 0 spiro atoms. The molecule has 1 aromatic heterocycles. The lowest BCUT2D eigenvalue weighted by Gasteiger charge is -2.16. The minimum absolute atomic E-state index is 0.123. The molecule has 0 unspecified atom stereocenters. The van der Waals surface area contributed by atoms with Crippen molar-refractivity contribution in [2.45, 2.75) is 32.9 Å². The fourth-order valence-electron chi connectivity index (χ4n) is 2.31. The van der Waals surface area contributed by atoms with Gasteiger partial charge in [-0.3, -0.25) is 9.59 Å². The lowest BCUT2D eigenvalue weighted by molar-refractivity contribution is -0.142. The maximum Gasteiger partial charge on any atom is 0.326 e. The third-order valence-corrected chi connectivity index (χ3v) is 3.40. The van der Waals surface area contributed by atoms with Crippen LogP contribution in [0.25, 0.3) is 10.8 Å². The molecule has 2 N–H and O–H groups in total. The smallest absolute Gasteiger partial charge is 0.326 e. The van der Waals surface area contributed by atoms with Gasteiger partial charge in [0, 0.05) is 5.39 Å². The first kappa shape index (κ1) is 16.7. The first-order chi connectivity index (χ1) is 10.9. The summed E-state index contributed by atoms with van der Waals surface area (Å²) >= 11 is 0. The van der Waals surface area contributed by atoms with Crippen LogP contribution >= 0.6 is 0 Å². The molecule has 0 saturated heterocycles. The second-order valence-corrected chi connectivity index (χ2v) is 5.78. The van der Waals surface area contributed by atoms with E-state index in [0.29, 0.717) is 17.2 Å². The van der Waals surface area contributed by atoms with Crippen LogP contribution in [0.15, 0.2) is 35.3 Å². The van der Waals surface area contributed by atoms with Gasteiger partial charge < -0.3 is 10.4 Å². The van der Waals surface area contributed by atoms with Gasteiger partial charge in [-0.1, -0.05) is 32.0 Å². The molecule has 0 radical (unpaired) electrons. The Morgan fingerprint density at radius 2 is 2.00 bits per heavy atom. The lowest BCUT2D eigenvalue weighted by atomic mass is 10.0. The Morgan fingerprint density at radius 1 is 1.30 bits per heavy atom. The van der Waals surface area contributed by atoms with Crippen LogP contribution in [0.3, 0.4) is 0 Å². The van der Waals surface area contributed by atoms with E-state index in [1.54, 1.807) is 24.3 Å². The van der Waals surface area contributed by atoms with E-state index in [1.165, 1.54) is 6.20 Å². The molecular formula is C16H19N3O4. The Balaban J connectivity index is 2.15. The maximum atomic E-state index is 12.3. The summed E-state index contributed by atoms with van der Waals surface area (Å²) in [5.41, 5.74) is -0.381. The van der Waals surface area contributed by atoms with Crippen LogP contribution in [0.2, 0.25) is 0 Å². The second kappa shape index (κ2) is 7.04. The average Bonchev–Trinajstić information content (AvgIpc) is 2.49. The van der Waals surface area contributed by atoms with Crippen LogP contribution in [-0.2, 0) is 16.1 Å². The number of aromatic nitrogens is 2. The number of carboxylic acids is 1. The van der Waals surface area contributed by atoms with E-state index in [9.17, 15) is 14.4 Å². The maximum absolute atomic E-state index is 12.3. The second-order valence-electron chi connectivity index (χ2n) is 5.78. The highest BCUT2D eigenvalue weighted by Crippen LogP contribution is 2.07. The van der Waals surface area contributed by atoms with Crippen molar-refractivity contribution >= 4 is 22.6 Å². The van der Waals surface area contributed by atoms with Crippen LogP contribution in [0, 0.1) is 5.92 Å². The molecule has 23 heavy (non-hydrogen) atoms. The molecule has 2 aromatic rings. The number of hydrogen-bond acceptors (Lipinski definition) is 4. The summed E-state index contributed by atoms with van der Waals surface area (Å²) in [4.78, 5) is 35.5. The summed E-state index contributed by atoms with van der Waals surface area (Å²) in [6.45, 7) is 3.43. The molecule has 1 amide bonds. The third kappa shape index (κ3) is 4.15. The summed E-state index contributed by atoms with van der Waals surface area (Å²) in [6.07, 6.45) is 1.83. The van der Waals surface area contributed by atoms with Crippen molar-refractivity contribution < 1.29 is 14.7 Å².